The quantitative estimate of drug-likeness (QED) is 0.613. The molecule has 3 aromatic rings. The molecule has 2 aromatic heterocycles. The number of hydrogen-bond acceptors (Lipinski definition) is 6. The van der Waals surface area contributed by atoms with Gasteiger partial charge >= 0.3 is 0 Å². The van der Waals surface area contributed by atoms with E-state index in [4.69, 9.17) is 9.26 Å². The first-order valence-corrected chi connectivity index (χ1v) is 10.7. The zero-order chi connectivity index (χ0) is 21.3. The number of benzene rings is 1. The molecule has 1 aliphatic carbocycles. The number of amides is 1. The highest BCUT2D eigenvalue weighted by Gasteiger charge is 2.55. The highest BCUT2D eigenvalue weighted by atomic mass is 16.5. The molecule has 1 saturated carbocycles. The first-order valence-electron chi connectivity index (χ1n) is 10.7. The van der Waals surface area contributed by atoms with Crippen LogP contribution in [0, 0.1) is 0 Å². The minimum atomic E-state index is -0.520. The maximum absolute atomic E-state index is 13.4. The van der Waals surface area contributed by atoms with Crippen LogP contribution in [0.5, 0.6) is 5.75 Å². The maximum atomic E-state index is 13.4. The summed E-state index contributed by atoms with van der Waals surface area (Å²) in [7, 11) is 1.64. The van der Waals surface area contributed by atoms with E-state index in [1.54, 1.807) is 7.11 Å². The number of pyridine rings is 1. The molecule has 0 spiro atoms. The topological polar surface area (TPSA) is 71.7 Å². The third-order valence-electron chi connectivity index (χ3n) is 6.33. The fourth-order valence-electron chi connectivity index (χ4n) is 4.28. The van der Waals surface area contributed by atoms with Crippen LogP contribution < -0.4 is 4.74 Å². The lowest BCUT2D eigenvalue weighted by atomic mass is 9.99. The van der Waals surface area contributed by atoms with E-state index in [2.05, 4.69) is 15.0 Å². The Labute approximate surface area is 181 Å². The van der Waals surface area contributed by atoms with Crippen LogP contribution in [0.1, 0.15) is 24.1 Å². The molecule has 2 fully saturated rings. The molecule has 0 unspecified atom stereocenters. The van der Waals surface area contributed by atoms with Crippen molar-refractivity contribution in [1.29, 1.82) is 0 Å². The molecule has 0 bridgehead atoms. The van der Waals surface area contributed by atoms with Crippen LogP contribution in [0.25, 0.3) is 11.3 Å². The van der Waals surface area contributed by atoms with Crippen molar-refractivity contribution in [2.75, 3.05) is 33.3 Å². The number of ether oxygens (including phenoxy) is 1. The lowest BCUT2D eigenvalue weighted by molar-refractivity contribution is -0.136. The SMILES string of the molecule is COc1cccc(-c2cc(C3(C(=O)N4CCN(Cc5ccncc5)CC4)CC3)no2)c1. The second-order valence-electron chi connectivity index (χ2n) is 8.31. The van der Waals surface area contributed by atoms with Gasteiger partial charge in [-0.25, -0.2) is 0 Å². The van der Waals surface area contributed by atoms with E-state index < -0.39 is 5.41 Å². The predicted octanol–water partition coefficient (Wildman–Crippen LogP) is 3.12. The molecular weight excluding hydrogens is 392 g/mol. The second kappa shape index (κ2) is 8.15. The van der Waals surface area contributed by atoms with Gasteiger partial charge in [-0.2, -0.15) is 0 Å². The molecule has 0 atom stereocenters. The number of carbonyl (C=O) groups is 1. The zero-order valence-corrected chi connectivity index (χ0v) is 17.7. The molecule has 0 N–H and O–H groups in total. The third-order valence-corrected chi connectivity index (χ3v) is 6.33. The Kier molecular flexibility index (Phi) is 5.19. The molecular formula is C24H26N4O3. The number of piperazine rings is 1. The van der Waals surface area contributed by atoms with E-state index in [-0.39, 0.29) is 5.91 Å². The van der Waals surface area contributed by atoms with Crippen molar-refractivity contribution in [3.8, 4) is 17.1 Å². The first-order chi connectivity index (χ1) is 15.2. The van der Waals surface area contributed by atoms with Crippen molar-refractivity contribution < 1.29 is 14.1 Å². The van der Waals surface area contributed by atoms with E-state index in [9.17, 15) is 4.79 Å². The Morgan fingerprint density at radius 2 is 1.87 bits per heavy atom. The van der Waals surface area contributed by atoms with E-state index in [0.717, 1.165) is 62.6 Å². The predicted molar refractivity (Wildman–Crippen MR) is 115 cm³/mol. The van der Waals surface area contributed by atoms with Crippen molar-refractivity contribution in [3.63, 3.8) is 0 Å². The summed E-state index contributed by atoms with van der Waals surface area (Å²) in [6, 6.07) is 13.7. The van der Waals surface area contributed by atoms with Gasteiger partial charge in [0, 0.05) is 56.7 Å². The molecule has 1 amide bonds. The molecule has 3 heterocycles. The number of methoxy groups -OCH3 is 1. The molecule has 7 nitrogen and oxygen atoms in total. The van der Waals surface area contributed by atoms with Gasteiger partial charge in [0.1, 0.15) is 5.75 Å². The fourth-order valence-corrected chi connectivity index (χ4v) is 4.28. The molecule has 2 aliphatic rings. The Hall–Kier alpha value is -3.19. The summed E-state index contributed by atoms with van der Waals surface area (Å²) in [5, 5.41) is 4.29. The van der Waals surface area contributed by atoms with Crippen LogP contribution in [0.15, 0.2) is 59.4 Å². The summed E-state index contributed by atoms with van der Waals surface area (Å²) in [5.41, 5.74) is 2.37. The average Bonchev–Trinajstić information content (AvgIpc) is 3.48. The minimum absolute atomic E-state index is 0.182. The highest BCUT2D eigenvalue weighted by molar-refractivity contribution is 5.91. The summed E-state index contributed by atoms with van der Waals surface area (Å²) < 4.78 is 10.9. The Morgan fingerprint density at radius 3 is 2.58 bits per heavy atom. The summed E-state index contributed by atoms with van der Waals surface area (Å²) in [6.45, 7) is 4.12. The van der Waals surface area contributed by atoms with Crippen LogP contribution >= 0.6 is 0 Å². The molecule has 31 heavy (non-hydrogen) atoms. The monoisotopic (exact) mass is 418 g/mol. The normalized spacial score (nSPS) is 18.0. The minimum Gasteiger partial charge on any atom is -0.497 e. The number of carbonyl (C=O) groups excluding carboxylic acids is 1. The number of rotatable bonds is 6. The van der Waals surface area contributed by atoms with Crippen molar-refractivity contribution in [2.45, 2.75) is 24.8 Å². The van der Waals surface area contributed by atoms with Crippen molar-refractivity contribution in [1.82, 2.24) is 19.9 Å². The maximum Gasteiger partial charge on any atom is 0.235 e. The lowest BCUT2D eigenvalue weighted by Crippen LogP contribution is -2.51. The van der Waals surface area contributed by atoms with Gasteiger partial charge in [0.15, 0.2) is 5.76 Å². The van der Waals surface area contributed by atoms with Crippen LogP contribution in [0.3, 0.4) is 0 Å². The van der Waals surface area contributed by atoms with Crippen molar-refractivity contribution in [3.05, 3.63) is 66.1 Å². The van der Waals surface area contributed by atoms with Gasteiger partial charge in [0.2, 0.25) is 5.91 Å². The van der Waals surface area contributed by atoms with E-state index in [1.807, 2.05) is 59.8 Å². The highest BCUT2D eigenvalue weighted by Crippen LogP contribution is 2.50. The summed E-state index contributed by atoms with van der Waals surface area (Å²) in [4.78, 5) is 21.8. The third kappa shape index (κ3) is 3.93. The Balaban J connectivity index is 1.25. The lowest BCUT2D eigenvalue weighted by Gasteiger charge is -2.36. The van der Waals surface area contributed by atoms with Crippen molar-refractivity contribution >= 4 is 5.91 Å². The van der Waals surface area contributed by atoms with Gasteiger partial charge in [-0.15, -0.1) is 0 Å². The average molecular weight is 418 g/mol. The van der Waals surface area contributed by atoms with Crippen LogP contribution in [0.4, 0.5) is 0 Å². The molecule has 0 radical (unpaired) electrons. The molecule has 5 rings (SSSR count). The van der Waals surface area contributed by atoms with Gasteiger partial charge in [-0.3, -0.25) is 14.7 Å². The Morgan fingerprint density at radius 1 is 1.10 bits per heavy atom. The van der Waals surface area contributed by atoms with Gasteiger partial charge in [0.05, 0.1) is 18.2 Å². The standard InChI is InChI=1S/C24H26N4O3/c1-30-20-4-2-3-19(15-20)21-16-22(26-31-21)24(7-8-24)23(29)28-13-11-27(12-14-28)17-18-5-9-25-10-6-18/h2-6,9-10,15-16H,7-8,11-14,17H2,1H3. The summed E-state index contributed by atoms with van der Waals surface area (Å²) in [5.74, 6) is 1.61. The molecule has 7 heteroatoms. The molecule has 160 valence electrons. The largest absolute Gasteiger partial charge is 0.497 e. The van der Waals surface area contributed by atoms with Crippen molar-refractivity contribution in [2.24, 2.45) is 0 Å². The smallest absolute Gasteiger partial charge is 0.235 e. The summed E-state index contributed by atoms with van der Waals surface area (Å²) >= 11 is 0. The molecule has 1 saturated heterocycles. The summed E-state index contributed by atoms with van der Waals surface area (Å²) in [6.07, 6.45) is 5.30. The van der Waals surface area contributed by atoms with E-state index in [0.29, 0.717) is 5.76 Å². The molecule has 1 aromatic carbocycles. The number of aromatic nitrogens is 2. The second-order valence-corrected chi connectivity index (χ2v) is 8.31. The van der Waals surface area contributed by atoms with E-state index >= 15 is 0 Å². The number of hydrogen-bond donors (Lipinski definition) is 0. The van der Waals surface area contributed by atoms with Crippen LogP contribution in [0.2, 0.25) is 0 Å². The number of nitrogens with zero attached hydrogens (tertiary/aromatic N) is 4. The van der Waals surface area contributed by atoms with E-state index in [1.165, 1.54) is 5.56 Å². The molecule has 1 aliphatic heterocycles. The Bertz CT molecular complexity index is 1050. The van der Waals surface area contributed by atoms with Gasteiger partial charge in [-0.05, 0) is 42.7 Å². The fraction of sp³-hybridized carbons (Fsp3) is 0.375. The van der Waals surface area contributed by atoms with Gasteiger partial charge in [0.25, 0.3) is 0 Å². The zero-order valence-electron chi connectivity index (χ0n) is 17.7. The first kappa shape index (κ1) is 19.8. The van der Waals surface area contributed by atoms with Gasteiger partial charge < -0.3 is 14.2 Å². The van der Waals surface area contributed by atoms with Crippen LogP contribution in [-0.4, -0.2) is 59.1 Å². The van der Waals surface area contributed by atoms with Crippen LogP contribution in [-0.2, 0) is 16.8 Å². The van der Waals surface area contributed by atoms with Gasteiger partial charge in [-0.1, -0.05) is 17.3 Å².